The molecule has 0 radical (unpaired) electrons. The van der Waals surface area contributed by atoms with E-state index in [9.17, 15) is 14.4 Å². The molecule has 1 aromatic carbocycles. The third kappa shape index (κ3) is 13.8. The Morgan fingerprint density at radius 1 is 0.875 bits per heavy atom. The molecule has 0 fully saturated rings. The van der Waals surface area contributed by atoms with Crippen molar-refractivity contribution >= 4 is 17.8 Å². The Kier molecular flexibility index (Phi) is 14.8. The third-order valence-corrected chi connectivity index (χ3v) is 5.38. The molecule has 1 amide bonds. The van der Waals surface area contributed by atoms with Crippen molar-refractivity contribution in [2.75, 3.05) is 0 Å². The van der Waals surface area contributed by atoms with Crippen molar-refractivity contribution in [1.82, 2.24) is 5.32 Å². The van der Waals surface area contributed by atoms with Crippen molar-refractivity contribution in [2.45, 2.75) is 103 Å². The summed E-state index contributed by atoms with van der Waals surface area (Å²) >= 11 is 0. The molecule has 0 unspecified atom stereocenters. The average Bonchev–Trinajstić information content (AvgIpc) is 2.76. The van der Waals surface area contributed by atoms with Gasteiger partial charge in [0.15, 0.2) is 0 Å². The summed E-state index contributed by atoms with van der Waals surface area (Å²) in [5, 5.41) is 20.3. The van der Waals surface area contributed by atoms with Crippen molar-refractivity contribution < 1.29 is 29.3 Å². The molecular weight excluding hydrogens is 410 g/mol. The van der Waals surface area contributed by atoms with Crippen molar-refractivity contribution in [3.63, 3.8) is 0 Å². The number of benzene rings is 1. The summed E-state index contributed by atoms with van der Waals surface area (Å²) in [5.41, 5.74) is 0.999. The van der Waals surface area contributed by atoms with E-state index in [1.54, 1.807) is 0 Å². The Morgan fingerprint density at radius 2 is 1.47 bits per heavy atom. The lowest BCUT2D eigenvalue weighted by Crippen LogP contribution is -2.43. The van der Waals surface area contributed by atoms with E-state index in [-0.39, 0.29) is 12.5 Å². The van der Waals surface area contributed by atoms with Crippen LogP contribution in [0.4, 0.5) is 0 Å². The van der Waals surface area contributed by atoms with Gasteiger partial charge in [0.25, 0.3) is 0 Å². The van der Waals surface area contributed by atoms with E-state index >= 15 is 0 Å². The number of amides is 1. The van der Waals surface area contributed by atoms with Gasteiger partial charge in [0, 0.05) is 0 Å². The fraction of sp³-hybridized carbons (Fsp3) is 0.640. The van der Waals surface area contributed by atoms with Gasteiger partial charge in [-0.3, -0.25) is 9.59 Å². The highest BCUT2D eigenvalue weighted by molar-refractivity contribution is 5.86. The average molecular weight is 450 g/mol. The summed E-state index contributed by atoms with van der Waals surface area (Å²) in [5.74, 6) is -3.14. The molecule has 3 N–H and O–H groups in total. The van der Waals surface area contributed by atoms with Gasteiger partial charge in [-0.2, -0.15) is 0 Å². The van der Waals surface area contributed by atoms with Crippen LogP contribution in [0.5, 0.6) is 0 Å². The number of hydrogen-bond acceptors (Lipinski definition) is 4. The van der Waals surface area contributed by atoms with E-state index in [0.717, 1.165) is 24.8 Å². The van der Waals surface area contributed by atoms with Gasteiger partial charge in [-0.05, 0) is 12.0 Å². The van der Waals surface area contributed by atoms with Crippen molar-refractivity contribution in [3.8, 4) is 0 Å². The molecular formula is C25H39NO6. The predicted molar refractivity (Wildman–Crippen MR) is 123 cm³/mol. The minimum atomic E-state index is -1.44. The molecule has 32 heavy (non-hydrogen) atoms. The first-order chi connectivity index (χ1) is 15.4. The zero-order valence-corrected chi connectivity index (χ0v) is 19.3. The fourth-order valence-electron chi connectivity index (χ4n) is 3.55. The molecule has 1 aromatic rings. The second-order valence-electron chi connectivity index (χ2n) is 8.30. The van der Waals surface area contributed by atoms with Gasteiger partial charge in [-0.15, -0.1) is 0 Å². The lowest BCUT2D eigenvalue weighted by atomic mass is 10.0. The molecule has 7 heteroatoms. The largest absolute Gasteiger partial charge is 0.481 e. The van der Waals surface area contributed by atoms with Crippen molar-refractivity contribution in [3.05, 3.63) is 35.9 Å². The predicted octanol–water partition coefficient (Wildman–Crippen LogP) is 4.93. The summed E-state index contributed by atoms with van der Waals surface area (Å²) in [7, 11) is 0. The fourth-order valence-corrected chi connectivity index (χ4v) is 3.55. The second-order valence-corrected chi connectivity index (χ2v) is 8.30. The molecule has 2 atom stereocenters. The Bertz CT molecular complexity index is 664. The summed E-state index contributed by atoms with van der Waals surface area (Å²) in [6.45, 7) is 2.58. The molecule has 0 saturated heterocycles. The molecule has 7 nitrogen and oxygen atoms in total. The number of rotatable bonds is 19. The summed E-state index contributed by atoms with van der Waals surface area (Å²) in [4.78, 5) is 34.4. The number of unbranched alkanes of at least 4 members (excludes halogenated alkanes) is 8. The number of carboxylic acid groups (broad SMARTS) is 2. The smallest absolute Gasteiger partial charge is 0.326 e. The van der Waals surface area contributed by atoms with Crippen LogP contribution in [0, 0.1) is 0 Å². The minimum Gasteiger partial charge on any atom is -0.481 e. The molecule has 0 saturated carbocycles. The maximum atomic E-state index is 12.4. The van der Waals surface area contributed by atoms with Gasteiger partial charge in [-0.25, -0.2) is 4.79 Å². The van der Waals surface area contributed by atoms with Crippen LogP contribution in [-0.2, 0) is 25.7 Å². The summed E-state index contributed by atoms with van der Waals surface area (Å²) < 4.78 is 5.97. The number of ether oxygens (including phenoxy) is 1. The lowest BCUT2D eigenvalue weighted by molar-refractivity contribution is -0.147. The van der Waals surface area contributed by atoms with Crippen molar-refractivity contribution in [2.24, 2.45) is 0 Å². The van der Waals surface area contributed by atoms with Crippen LogP contribution in [0.25, 0.3) is 0 Å². The van der Waals surface area contributed by atoms with Gasteiger partial charge >= 0.3 is 11.9 Å². The highest BCUT2D eigenvalue weighted by atomic mass is 16.5. The van der Waals surface area contributed by atoms with Crippen LogP contribution in [0.1, 0.15) is 89.5 Å². The van der Waals surface area contributed by atoms with E-state index < -0.39 is 30.3 Å². The van der Waals surface area contributed by atoms with E-state index in [2.05, 4.69) is 12.2 Å². The van der Waals surface area contributed by atoms with E-state index in [4.69, 9.17) is 14.9 Å². The normalized spacial score (nSPS) is 12.8. The Hall–Kier alpha value is -2.41. The van der Waals surface area contributed by atoms with E-state index in [1.165, 1.54) is 38.5 Å². The number of aliphatic carboxylic acids is 2. The number of carbonyl (C=O) groups excluding carboxylic acids is 1. The van der Waals surface area contributed by atoms with Crippen LogP contribution >= 0.6 is 0 Å². The van der Waals surface area contributed by atoms with Gasteiger partial charge in [-0.1, -0.05) is 95.0 Å². The first-order valence-electron chi connectivity index (χ1n) is 11.8. The molecule has 0 spiro atoms. The first kappa shape index (κ1) is 27.6. The molecule has 180 valence electrons. The van der Waals surface area contributed by atoms with Crippen LogP contribution in [0.2, 0.25) is 0 Å². The Balaban J connectivity index is 2.47. The number of nitrogens with one attached hydrogen (secondary N) is 1. The van der Waals surface area contributed by atoms with Gasteiger partial charge < -0.3 is 20.3 Å². The van der Waals surface area contributed by atoms with Crippen molar-refractivity contribution in [1.29, 1.82) is 0 Å². The van der Waals surface area contributed by atoms with Crippen LogP contribution < -0.4 is 5.32 Å². The standard InChI is InChI=1S/C25H39NO6/c1-2-3-4-5-6-7-8-9-13-16-21(32-19-20-14-11-10-12-15-20)17-23(27)26-22(25(30)31)18-24(28)29/h10-12,14-15,21-22H,2-9,13,16-19H2,1H3,(H,26,27)(H,28,29)(H,30,31)/t21-,22+/m1/s1. The number of hydrogen-bond donors (Lipinski definition) is 3. The quantitative estimate of drug-likeness (QED) is 0.258. The highest BCUT2D eigenvalue weighted by Crippen LogP contribution is 2.16. The lowest BCUT2D eigenvalue weighted by Gasteiger charge is -2.19. The molecule has 1 rings (SSSR count). The van der Waals surface area contributed by atoms with Gasteiger partial charge in [0.1, 0.15) is 6.04 Å². The maximum absolute atomic E-state index is 12.4. The monoisotopic (exact) mass is 449 g/mol. The minimum absolute atomic E-state index is 0.00719. The van der Waals surface area contributed by atoms with Crippen LogP contribution in [0.3, 0.4) is 0 Å². The van der Waals surface area contributed by atoms with Gasteiger partial charge in [0.05, 0.1) is 25.6 Å². The molecule has 0 aromatic heterocycles. The number of carbonyl (C=O) groups is 3. The maximum Gasteiger partial charge on any atom is 0.326 e. The van der Waals surface area contributed by atoms with Gasteiger partial charge in [0.2, 0.25) is 5.91 Å². The number of carboxylic acids is 2. The zero-order chi connectivity index (χ0) is 23.6. The van der Waals surface area contributed by atoms with E-state index in [1.807, 2.05) is 30.3 Å². The third-order valence-electron chi connectivity index (χ3n) is 5.38. The second kappa shape index (κ2) is 17.2. The van der Waals surface area contributed by atoms with E-state index in [0.29, 0.717) is 13.0 Å². The zero-order valence-electron chi connectivity index (χ0n) is 19.3. The molecule has 0 bridgehead atoms. The summed E-state index contributed by atoms with van der Waals surface area (Å²) in [6, 6.07) is 8.22. The first-order valence-corrected chi connectivity index (χ1v) is 11.8. The molecule has 0 aliphatic carbocycles. The SMILES string of the molecule is CCCCCCCCCCC[C@H](CC(=O)N[C@@H](CC(=O)O)C(=O)O)OCc1ccccc1. The van der Waals surface area contributed by atoms with Crippen LogP contribution in [0.15, 0.2) is 30.3 Å². The molecule has 0 aliphatic heterocycles. The molecule has 0 aliphatic rings. The molecule has 0 heterocycles. The highest BCUT2D eigenvalue weighted by Gasteiger charge is 2.24. The van der Waals surface area contributed by atoms with Crippen LogP contribution in [-0.4, -0.2) is 40.2 Å². The Morgan fingerprint density at radius 3 is 2.03 bits per heavy atom. The summed E-state index contributed by atoms with van der Waals surface area (Å²) in [6.07, 6.45) is 10.5. The Labute approximate surface area is 191 Å². The topological polar surface area (TPSA) is 113 Å².